The molecule has 1 N–H and O–H groups in total. The molecule has 26 heavy (non-hydrogen) atoms. The van der Waals surface area contributed by atoms with Gasteiger partial charge >= 0.3 is 6.18 Å². The number of hydrogen-bond donors (Lipinski definition) is 1. The molecule has 136 valence electrons. The topological polar surface area (TPSA) is 51.2 Å². The number of thiophene rings is 1. The highest BCUT2D eigenvalue weighted by Crippen LogP contribution is 2.43. The Morgan fingerprint density at radius 1 is 1.31 bits per heavy atom. The van der Waals surface area contributed by atoms with Crippen molar-refractivity contribution >= 4 is 43.9 Å². The summed E-state index contributed by atoms with van der Waals surface area (Å²) < 4.78 is 42.1. The van der Waals surface area contributed by atoms with Crippen LogP contribution in [0, 0.1) is 0 Å². The molecule has 1 saturated carbocycles. The SMILES string of the molecule is O=C(Nc1nc2ccc(OCC(F)(F)F)cc2s1)c1sccc1C1CC1. The maximum atomic E-state index is 12.5. The van der Waals surface area contributed by atoms with E-state index in [9.17, 15) is 18.0 Å². The number of aromatic nitrogens is 1. The third-order valence-electron chi connectivity index (χ3n) is 3.90. The number of fused-ring (bicyclic) bond motifs is 1. The lowest BCUT2D eigenvalue weighted by Crippen LogP contribution is -2.19. The lowest BCUT2D eigenvalue weighted by atomic mass is 10.1. The third kappa shape index (κ3) is 3.83. The Morgan fingerprint density at radius 2 is 2.12 bits per heavy atom. The molecule has 4 nitrogen and oxygen atoms in total. The number of anilines is 1. The molecular weight excluding hydrogens is 385 g/mol. The van der Waals surface area contributed by atoms with E-state index in [1.165, 1.54) is 34.8 Å². The minimum Gasteiger partial charge on any atom is -0.484 e. The van der Waals surface area contributed by atoms with Crippen LogP contribution in [0.1, 0.15) is 34.0 Å². The second-order valence-electron chi connectivity index (χ2n) is 5.99. The highest BCUT2D eigenvalue weighted by Gasteiger charge is 2.29. The first-order chi connectivity index (χ1) is 12.4. The molecule has 0 spiro atoms. The van der Waals surface area contributed by atoms with Gasteiger partial charge in [0.15, 0.2) is 11.7 Å². The summed E-state index contributed by atoms with van der Waals surface area (Å²) in [6.45, 7) is -1.34. The van der Waals surface area contributed by atoms with Crippen LogP contribution in [0.3, 0.4) is 0 Å². The van der Waals surface area contributed by atoms with Crippen molar-refractivity contribution in [3.8, 4) is 5.75 Å². The molecular formula is C17H13F3N2O2S2. The summed E-state index contributed by atoms with van der Waals surface area (Å²) in [4.78, 5) is 17.5. The number of thiazole rings is 1. The minimum absolute atomic E-state index is 0.116. The molecule has 4 rings (SSSR count). The van der Waals surface area contributed by atoms with Gasteiger partial charge in [-0.15, -0.1) is 11.3 Å². The zero-order valence-electron chi connectivity index (χ0n) is 13.3. The van der Waals surface area contributed by atoms with Crippen LogP contribution in [-0.4, -0.2) is 23.7 Å². The summed E-state index contributed by atoms with van der Waals surface area (Å²) in [6.07, 6.45) is -2.17. The van der Waals surface area contributed by atoms with Crippen LogP contribution in [-0.2, 0) is 0 Å². The minimum atomic E-state index is -4.39. The Labute approximate surface area is 154 Å². The molecule has 1 aromatic carbocycles. The van der Waals surface area contributed by atoms with E-state index in [1.54, 1.807) is 6.07 Å². The number of alkyl halides is 3. The number of amides is 1. The fraction of sp³-hybridized carbons (Fsp3) is 0.294. The number of ether oxygens (including phenoxy) is 1. The van der Waals surface area contributed by atoms with E-state index < -0.39 is 12.8 Å². The average Bonchev–Trinajstić information content (AvgIpc) is 3.16. The Morgan fingerprint density at radius 3 is 2.85 bits per heavy atom. The first kappa shape index (κ1) is 17.3. The van der Waals surface area contributed by atoms with Crippen molar-refractivity contribution in [2.75, 3.05) is 11.9 Å². The van der Waals surface area contributed by atoms with E-state index in [4.69, 9.17) is 4.74 Å². The van der Waals surface area contributed by atoms with Crippen LogP contribution in [0.4, 0.5) is 18.3 Å². The monoisotopic (exact) mass is 398 g/mol. The normalized spacial score (nSPS) is 14.6. The van der Waals surface area contributed by atoms with Gasteiger partial charge in [-0.1, -0.05) is 11.3 Å². The molecule has 0 aliphatic heterocycles. The number of rotatable bonds is 5. The molecule has 0 unspecified atom stereocenters. The number of carbonyl (C=O) groups is 1. The largest absolute Gasteiger partial charge is 0.484 e. The summed E-state index contributed by atoms with van der Waals surface area (Å²) >= 11 is 2.60. The van der Waals surface area contributed by atoms with Gasteiger partial charge < -0.3 is 4.74 Å². The van der Waals surface area contributed by atoms with E-state index in [1.807, 2.05) is 11.4 Å². The molecule has 3 aromatic rings. The Bertz CT molecular complexity index is 960. The van der Waals surface area contributed by atoms with Crippen molar-refractivity contribution in [1.29, 1.82) is 0 Å². The second-order valence-corrected chi connectivity index (χ2v) is 7.93. The van der Waals surface area contributed by atoms with Gasteiger partial charge in [-0.05, 0) is 54.0 Å². The molecule has 1 fully saturated rings. The predicted octanol–water partition coefficient (Wildman–Crippen LogP) is 5.43. The summed E-state index contributed by atoms with van der Waals surface area (Å²) in [5, 5.41) is 5.11. The van der Waals surface area contributed by atoms with Gasteiger partial charge in [0, 0.05) is 0 Å². The summed E-state index contributed by atoms with van der Waals surface area (Å²) in [6, 6.07) is 6.49. The van der Waals surface area contributed by atoms with Gasteiger partial charge in [0.1, 0.15) is 5.75 Å². The highest BCUT2D eigenvalue weighted by molar-refractivity contribution is 7.22. The molecule has 0 radical (unpaired) electrons. The average molecular weight is 398 g/mol. The molecule has 0 bridgehead atoms. The predicted molar refractivity (Wildman–Crippen MR) is 95.4 cm³/mol. The van der Waals surface area contributed by atoms with Crippen LogP contribution in [0.25, 0.3) is 10.2 Å². The number of halogens is 3. The van der Waals surface area contributed by atoms with Crippen molar-refractivity contribution in [2.45, 2.75) is 24.9 Å². The smallest absolute Gasteiger partial charge is 0.422 e. The Hall–Kier alpha value is -2.13. The highest BCUT2D eigenvalue weighted by atomic mass is 32.1. The molecule has 1 aliphatic rings. The van der Waals surface area contributed by atoms with E-state index >= 15 is 0 Å². The van der Waals surface area contributed by atoms with Crippen molar-refractivity contribution in [1.82, 2.24) is 4.98 Å². The number of hydrogen-bond acceptors (Lipinski definition) is 5. The third-order valence-corrected chi connectivity index (χ3v) is 5.76. The zero-order valence-corrected chi connectivity index (χ0v) is 14.9. The number of carbonyl (C=O) groups excluding carboxylic acids is 1. The lowest BCUT2D eigenvalue weighted by molar-refractivity contribution is -0.153. The molecule has 0 saturated heterocycles. The van der Waals surface area contributed by atoms with Gasteiger partial charge in [0.25, 0.3) is 5.91 Å². The Kier molecular flexibility index (Phi) is 4.36. The van der Waals surface area contributed by atoms with Crippen LogP contribution in [0.15, 0.2) is 29.6 Å². The van der Waals surface area contributed by atoms with E-state index in [0.29, 0.717) is 26.1 Å². The van der Waals surface area contributed by atoms with Crippen LogP contribution in [0.5, 0.6) is 5.75 Å². The van der Waals surface area contributed by atoms with Gasteiger partial charge in [-0.25, -0.2) is 4.98 Å². The standard InChI is InChI=1S/C17H13F3N2O2S2/c18-17(19,20)8-24-10-3-4-12-13(7-10)26-16(21-12)22-15(23)14-11(5-6-25-14)9-1-2-9/h3-7,9H,1-2,8H2,(H,21,22,23). The van der Waals surface area contributed by atoms with E-state index in [2.05, 4.69) is 10.3 Å². The quantitative estimate of drug-likeness (QED) is 0.624. The zero-order chi connectivity index (χ0) is 18.3. The maximum Gasteiger partial charge on any atom is 0.422 e. The van der Waals surface area contributed by atoms with Gasteiger partial charge in [0.05, 0.1) is 15.1 Å². The van der Waals surface area contributed by atoms with Crippen molar-refractivity contribution < 1.29 is 22.7 Å². The molecule has 2 aromatic heterocycles. The van der Waals surface area contributed by atoms with E-state index in [0.717, 1.165) is 18.4 Å². The fourth-order valence-corrected chi connectivity index (χ4v) is 4.36. The van der Waals surface area contributed by atoms with Crippen LogP contribution < -0.4 is 10.1 Å². The molecule has 1 amide bonds. The fourth-order valence-electron chi connectivity index (χ4n) is 2.59. The molecule has 0 atom stereocenters. The summed E-state index contributed by atoms with van der Waals surface area (Å²) in [7, 11) is 0. The number of nitrogens with one attached hydrogen (secondary N) is 1. The maximum absolute atomic E-state index is 12.5. The lowest BCUT2D eigenvalue weighted by Gasteiger charge is -2.08. The van der Waals surface area contributed by atoms with E-state index in [-0.39, 0.29) is 11.7 Å². The van der Waals surface area contributed by atoms with Crippen molar-refractivity contribution in [2.24, 2.45) is 0 Å². The second kappa shape index (κ2) is 6.55. The first-order valence-corrected chi connectivity index (χ1v) is 9.57. The summed E-state index contributed by atoms with van der Waals surface area (Å²) in [5.41, 5.74) is 1.68. The van der Waals surface area contributed by atoms with Gasteiger partial charge in [-0.3, -0.25) is 10.1 Å². The Balaban J connectivity index is 1.50. The van der Waals surface area contributed by atoms with Gasteiger partial charge in [-0.2, -0.15) is 13.2 Å². The number of benzene rings is 1. The first-order valence-electron chi connectivity index (χ1n) is 7.88. The molecule has 9 heteroatoms. The van der Waals surface area contributed by atoms with Crippen molar-refractivity contribution in [3.05, 3.63) is 40.1 Å². The van der Waals surface area contributed by atoms with Crippen LogP contribution >= 0.6 is 22.7 Å². The molecule has 1 aliphatic carbocycles. The summed E-state index contributed by atoms with van der Waals surface area (Å²) in [5.74, 6) is 0.394. The van der Waals surface area contributed by atoms with Crippen LogP contribution in [0.2, 0.25) is 0 Å². The molecule has 2 heterocycles. The van der Waals surface area contributed by atoms with Gasteiger partial charge in [0.2, 0.25) is 0 Å². The van der Waals surface area contributed by atoms with Crippen molar-refractivity contribution in [3.63, 3.8) is 0 Å². The number of nitrogens with zero attached hydrogens (tertiary/aromatic N) is 1.